The first-order valence-corrected chi connectivity index (χ1v) is 6.33. The van der Waals surface area contributed by atoms with E-state index in [4.69, 9.17) is 10.5 Å². The van der Waals surface area contributed by atoms with Crippen molar-refractivity contribution < 1.29 is 4.74 Å². The monoisotopic (exact) mass is 235 g/mol. The van der Waals surface area contributed by atoms with E-state index in [0.717, 1.165) is 6.42 Å². The Bertz CT molecular complexity index is 351. The Balaban J connectivity index is 2.84. The normalized spacial score (nSPS) is 13.8. The number of hydrogen-bond donors (Lipinski definition) is 1. The van der Waals surface area contributed by atoms with Gasteiger partial charge >= 0.3 is 0 Å². The molecular formula is C15H25NO. The molecule has 2 nitrogen and oxygen atoms in total. The molecule has 17 heavy (non-hydrogen) atoms. The minimum absolute atomic E-state index is 0.0160. The number of nitrogens with two attached hydrogens (primary N) is 1. The molecule has 0 aromatic heterocycles. The molecule has 1 aromatic rings. The van der Waals surface area contributed by atoms with Gasteiger partial charge in [-0.05, 0) is 57.7 Å². The summed E-state index contributed by atoms with van der Waals surface area (Å²) in [5.41, 5.74) is 9.99. The van der Waals surface area contributed by atoms with E-state index in [1.807, 2.05) is 6.92 Å². The van der Waals surface area contributed by atoms with Crippen molar-refractivity contribution in [3.63, 3.8) is 0 Å². The molecule has 0 bridgehead atoms. The number of aryl methyl sites for hydroxylation is 2. The second-order valence-corrected chi connectivity index (χ2v) is 5.22. The topological polar surface area (TPSA) is 35.2 Å². The van der Waals surface area contributed by atoms with Crippen LogP contribution in [-0.2, 0) is 11.2 Å². The standard InChI is InChI=1S/C15H25NO/c1-6-17-15(4,5)14(16)10-13-11(2)8-7-9-12(13)3/h7-9,14H,6,10,16H2,1-5H3. The molecule has 0 fully saturated rings. The van der Waals surface area contributed by atoms with Gasteiger partial charge in [-0.15, -0.1) is 0 Å². The number of benzene rings is 1. The van der Waals surface area contributed by atoms with Crippen molar-refractivity contribution in [2.45, 2.75) is 52.7 Å². The summed E-state index contributed by atoms with van der Waals surface area (Å²) < 4.78 is 5.72. The second kappa shape index (κ2) is 5.65. The molecule has 0 aliphatic heterocycles. The average molecular weight is 235 g/mol. The molecule has 0 heterocycles. The molecule has 0 saturated heterocycles. The van der Waals surface area contributed by atoms with Crippen LogP contribution in [0.5, 0.6) is 0 Å². The van der Waals surface area contributed by atoms with E-state index in [0.29, 0.717) is 6.61 Å². The molecule has 96 valence electrons. The van der Waals surface area contributed by atoms with E-state index in [1.54, 1.807) is 0 Å². The molecule has 0 radical (unpaired) electrons. The molecular weight excluding hydrogens is 210 g/mol. The van der Waals surface area contributed by atoms with Gasteiger partial charge in [-0.1, -0.05) is 18.2 Å². The molecule has 2 heteroatoms. The van der Waals surface area contributed by atoms with Crippen molar-refractivity contribution in [2.24, 2.45) is 5.73 Å². The molecule has 0 spiro atoms. The van der Waals surface area contributed by atoms with E-state index in [1.165, 1.54) is 16.7 Å². The van der Waals surface area contributed by atoms with Crippen LogP contribution < -0.4 is 5.73 Å². The summed E-state index contributed by atoms with van der Waals surface area (Å²) in [5, 5.41) is 0. The van der Waals surface area contributed by atoms with Crippen LogP contribution in [0.3, 0.4) is 0 Å². The number of rotatable bonds is 5. The van der Waals surface area contributed by atoms with Crippen molar-refractivity contribution in [1.82, 2.24) is 0 Å². The van der Waals surface area contributed by atoms with Crippen molar-refractivity contribution in [2.75, 3.05) is 6.61 Å². The summed E-state index contributed by atoms with van der Waals surface area (Å²) in [4.78, 5) is 0. The van der Waals surface area contributed by atoms with E-state index in [2.05, 4.69) is 45.9 Å². The lowest BCUT2D eigenvalue weighted by atomic mass is 9.89. The Hall–Kier alpha value is -0.860. The number of hydrogen-bond acceptors (Lipinski definition) is 2. The van der Waals surface area contributed by atoms with Gasteiger partial charge in [0.1, 0.15) is 0 Å². The van der Waals surface area contributed by atoms with Crippen molar-refractivity contribution in [3.05, 3.63) is 34.9 Å². The predicted octanol–water partition coefficient (Wildman–Crippen LogP) is 2.99. The second-order valence-electron chi connectivity index (χ2n) is 5.22. The third-order valence-electron chi connectivity index (χ3n) is 3.48. The molecule has 1 rings (SSSR count). The summed E-state index contributed by atoms with van der Waals surface area (Å²) >= 11 is 0. The smallest absolute Gasteiger partial charge is 0.0779 e. The SMILES string of the molecule is CCOC(C)(C)C(N)Cc1c(C)cccc1C. The van der Waals surface area contributed by atoms with Gasteiger partial charge in [-0.2, -0.15) is 0 Å². The quantitative estimate of drug-likeness (QED) is 0.851. The van der Waals surface area contributed by atoms with Crippen LogP contribution in [0.15, 0.2) is 18.2 Å². The Morgan fingerprint density at radius 1 is 1.24 bits per heavy atom. The summed E-state index contributed by atoms with van der Waals surface area (Å²) in [6.07, 6.45) is 0.867. The molecule has 0 aliphatic carbocycles. The van der Waals surface area contributed by atoms with Crippen LogP contribution in [0.1, 0.15) is 37.5 Å². The van der Waals surface area contributed by atoms with Gasteiger partial charge in [0.25, 0.3) is 0 Å². The number of ether oxygens (including phenoxy) is 1. The average Bonchev–Trinajstić information content (AvgIpc) is 2.23. The largest absolute Gasteiger partial charge is 0.374 e. The van der Waals surface area contributed by atoms with Crippen LogP contribution in [0.4, 0.5) is 0 Å². The Labute approximate surface area is 105 Å². The lowest BCUT2D eigenvalue weighted by Crippen LogP contribution is -2.47. The third kappa shape index (κ3) is 3.55. The lowest BCUT2D eigenvalue weighted by molar-refractivity contribution is -0.0288. The van der Waals surface area contributed by atoms with Crippen LogP contribution >= 0.6 is 0 Å². The van der Waals surface area contributed by atoms with E-state index in [9.17, 15) is 0 Å². The third-order valence-corrected chi connectivity index (χ3v) is 3.48. The Morgan fingerprint density at radius 3 is 2.24 bits per heavy atom. The van der Waals surface area contributed by atoms with Gasteiger partial charge in [0, 0.05) is 12.6 Å². The molecule has 1 unspecified atom stereocenters. The minimum Gasteiger partial charge on any atom is -0.374 e. The molecule has 0 aliphatic rings. The fourth-order valence-corrected chi connectivity index (χ4v) is 2.12. The highest BCUT2D eigenvalue weighted by molar-refractivity contribution is 5.34. The molecule has 2 N–H and O–H groups in total. The zero-order valence-electron chi connectivity index (χ0n) is 11.7. The van der Waals surface area contributed by atoms with Crippen LogP contribution in [0.25, 0.3) is 0 Å². The van der Waals surface area contributed by atoms with Crippen molar-refractivity contribution >= 4 is 0 Å². The van der Waals surface area contributed by atoms with Crippen LogP contribution in [0.2, 0.25) is 0 Å². The van der Waals surface area contributed by atoms with Gasteiger partial charge in [-0.25, -0.2) is 0 Å². The predicted molar refractivity (Wildman–Crippen MR) is 73.3 cm³/mol. The first kappa shape index (κ1) is 14.2. The molecule has 0 saturated carbocycles. The van der Waals surface area contributed by atoms with Crippen molar-refractivity contribution in [3.8, 4) is 0 Å². The maximum atomic E-state index is 6.28. The van der Waals surface area contributed by atoms with E-state index < -0.39 is 0 Å². The highest BCUT2D eigenvalue weighted by Gasteiger charge is 2.27. The van der Waals surface area contributed by atoms with Gasteiger partial charge in [-0.3, -0.25) is 0 Å². The van der Waals surface area contributed by atoms with E-state index >= 15 is 0 Å². The maximum Gasteiger partial charge on any atom is 0.0779 e. The van der Waals surface area contributed by atoms with Crippen molar-refractivity contribution in [1.29, 1.82) is 0 Å². The fourth-order valence-electron chi connectivity index (χ4n) is 2.12. The van der Waals surface area contributed by atoms with E-state index in [-0.39, 0.29) is 11.6 Å². The maximum absolute atomic E-state index is 6.28. The van der Waals surface area contributed by atoms with Crippen LogP contribution in [-0.4, -0.2) is 18.2 Å². The highest BCUT2D eigenvalue weighted by Crippen LogP contribution is 2.21. The fraction of sp³-hybridized carbons (Fsp3) is 0.600. The summed E-state index contributed by atoms with van der Waals surface area (Å²) in [6, 6.07) is 6.39. The summed E-state index contributed by atoms with van der Waals surface area (Å²) in [5.74, 6) is 0. The Morgan fingerprint density at radius 2 is 1.76 bits per heavy atom. The van der Waals surface area contributed by atoms with Gasteiger partial charge in [0.15, 0.2) is 0 Å². The molecule has 1 atom stereocenters. The summed E-state index contributed by atoms with van der Waals surface area (Å²) in [6.45, 7) is 11.1. The Kier molecular flexibility index (Phi) is 4.72. The first-order chi connectivity index (χ1) is 7.88. The lowest BCUT2D eigenvalue weighted by Gasteiger charge is -2.32. The van der Waals surface area contributed by atoms with Gasteiger partial charge in [0.05, 0.1) is 5.60 Å². The zero-order valence-corrected chi connectivity index (χ0v) is 11.7. The highest BCUT2D eigenvalue weighted by atomic mass is 16.5. The van der Waals surface area contributed by atoms with Crippen LogP contribution in [0, 0.1) is 13.8 Å². The first-order valence-electron chi connectivity index (χ1n) is 6.33. The van der Waals surface area contributed by atoms with Gasteiger partial charge in [0.2, 0.25) is 0 Å². The molecule has 1 aromatic carbocycles. The molecule has 0 amide bonds. The summed E-state index contributed by atoms with van der Waals surface area (Å²) in [7, 11) is 0. The zero-order chi connectivity index (χ0) is 13.1. The van der Waals surface area contributed by atoms with Gasteiger partial charge < -0.3 is 10.5 Å². The minimum atomic E-state index is -0.274.